The zero-order chi connectivity index (χ0) is 15.2. The number of ether oxygens (including phenoxy) is 2. The van der Waals surface area contributed by atoms with Crippen LogP contribution in [-0.2, 0) is 14.3 Å². The average molecular weight is 290 g/mol. The van der Waals surface area contributed by atoms with Gasteiger partial charge in [-0.25, -0.2) is 0 Å². The minimum absolute atomic E-state index is 0.0103. The van der Waals surface area contributed by atoms with Crippen molar-refractivity contribution < 1.29 is 19.1 Å². The van der Waals surface area contributed by atoms with Crippen molar-refractivity contribution in [1.82, 2.24) is 0 Å². The van der Waals surface area contributed by atoms with E-state index in [9.17, 15) is 9.59 Å². The first kappa shape index (κ1) is 15.9. The quantitative estimate of drug-likeness (QED) is 0.597. The highest BCUT2D eigenvalue weighted by Gasteiger charge is 2.39. The first-order chi connectivity index (χ1) is 10.2. The topological polar surface area (TPSA) is 52.6 Å². The summed E-state index contributed by atoms with van der Waals surface area (Å²) in [6.07, 6.45) is 2.04. The lowest BCUT2D eigenvalue weighted by Gasteiger charge is -2.34. The van der Waals surface area contributed by atoms with Gasteiger partial charge in [0.25, 0.3) is 0 Å². The molecule has 1 aliphatic carbocycles. The fourth-order valence-corrected chi connectivity index (χ4v) is 3.12. The highest BCUT2D eigenvalue weighted by molar-refractivity contribution is 5.96. The fourth-order valence-electron chi connectivity index (χ4n) is 3.12. The standard InChI is InChI=1S/C17H22O4/c1-20-17(21-2)16-13(9-6-10-14(16)18)11-15(19)12-7-4-3-5-8-12/h3-5,7-8,13,16-17H,6,9-11H2,1-2H3/t13-,16+/m1/s1. The summed E-state index contributed by atoms with van der Waals surface area (Å²) >= 11 is 0. The first-order valence-corrected chi connectivity index (χ1v) is 7.34. The minimum atomic E-state index is -0.564. The van der Waals surface area contributed by atoms with Crippen molar-refractivity contribution in [3.8, 4) is 0 Å². The fraction of sp³-hybridized carbons (Fsp3) is 0.529. The zero-order valence-corrected chi connectivity index (χ0v) is 12.6. The highest BCUT2D eigenvalue weighted by Crippen LogP contribution is 2.34. The average Bonchev–Trinajstić information content (AvgIpc) is 2.51. The number of carbonyl (C=O) groups excluding carboxylic acids is 2. The van der Waals surface area contributed by atoms with Gasteiger partial charge >= 0.3 is 0 Å². The molecule has 0 amide bonds. The number of hydrogen-bond donors (Lipinski definition) is 0. The molecule has 0 saturated heterocycles. The molecule has 4 nitrogen and oxygen atoms in total. The Kier molecular flexibility index (Phi) is 5.65. The van der Waals surface area contributed by atoms with Crippen LogP contribution in [0.5, 0.6) is 0 Å². The predicted octanol–water partition coefficient (Wildman–Crippen LogP) is 2.86. The maximum Gasteiger partial charge on any atom is 0.166 e. The van der Waals surface area contributed by atoms with Crippen molar-refractivity contribution >= 4 is 11.6 Å². The summed E-state index contributed by atoms with van der Waals surface area (Å²) in [6.45, 7) is 0. The summed E-state index contributed by atoms with van der Waals surface area (Å²) in [5.41, 5.74) is 0.695. The lowest BCUT2D eigenvalue weighted by molar-refractivity contribution is -0.168. The molecule has 1 aliphatic rings. The summed E-state index contributed by atoms with van der Waals surface area (Å²) < 4.78 is 10.5. The van der Waals surface area contributed by atoms with Gasteiger partial charge < -0.3 is 9.47 Å². The van der Waals surface area contributed by atoms with Gasteiger partial charge in [-0.3, -0.25) is 9.59 Å². The van der Waals surface area contributed by atoms with Crippen LogP contribution in [-0.4, -0.2) is 32.1 Å². The summed E-state index contributed by atoms with van der Waals surface area (Å²) in [5, 5.41) is 0. The molecule has 0 spiro atoms. The van der Waals surface area contributed by atoms with Gasteiger partial charge in [0.05, 0.1) is 5.92 Å². The van der Waals surface area contributed by atoms with Crippen molar-refractivity contribution in [2.24, 2.45) is 11.8 Å². The van der Waals surface area contributed by atoms with Crippen LogP contribution in [0.3, 0.4) is 0 Å². The third-order valence-corrected chi connectivity index (χ3v) is 4.18. The Morgan fingerprint density at radius 3 is 2.52 bits per heavy atom. The molecule has 0 aliphatic heterocycles. The molecule has 1 aromatic carbocycles. The Balaban J connectivity index is 2.12. The Morgan fingerprint density at radius 1 is 1.24 bits per heavy atom. The number of hydrogen-bond acceptors (Lipinski definition) is 4. The van der Waals surface area contributed by atoms with E-state index in [1.165, 1.54) is 14.2 Å². The molecule has 2 rings (SSSR count). The second kappa shape index (κ2) is 7.48. The Labute approximate surface area is 125 Å². The monoisotopic (exact) mass is 290 g/mol. The third kappa shape index (κ3) is 3.77. The van der Waals surface area contributed by atoms with Gasteiger partial charge in [0.1, 0.15) is 5.78 Å². The van der Waals surface area contributed by atoms with Gasteiger partial charge in [0.2, 0.25) is 0 Å². The molecule has 0 heterocycles. The Bertz CT molecular complexity index is 479. The van der Waals surface area contributed by atoms with E-state index in [0.29, 0.717) is 18.4 Å². The molecule has 21 heavy (non-hydrogen) atoms. The Hall–Kier alpha value is -1.52. The van der Waals surface area contributed by atoms with Gasteiger partial charge in [-0.2, -0.15) is 0 Å². The van der Waals surface area contributed by atoms with Crippen LogP contribution in [0.2, 0.25) is 0 Å². The molecular formula is C17H22O4. The van der Waals surface area contributed by atoms with Crippen molar-refractivity contribution in [2.45, 2.75) is 32.0 Å². The molecular weight excluding hydrogens is 268 g/mol. The van der Waals surface area contributed by atoms with Crippen LogP contribution >= 0.6 is 0 Å². The minimum Gasteiger partial charge on any atom is -0.355 e. The maximum absolute atomic E-state index is 12.4. The molecule has 1 aromatic rings. The summed E-state index contributed by atoms with van der Waals surface area (Å²) in [4.78, 5) is 24.6. The summed E-state index contributed by atoms with van der Waals surface area (Å²) in [7, 11) is 3.07. The van der Waals surface area contributed by atoms with Crippen LogP contribution in [0.4, 0.5) is 0 Å². The lowest BCUT2D eigenvalue weighted by Crippen LogP contribution is -2.40. The van der Waals surface area contributed by atoms with Crippen LogP contribution < -0.4 is 0 Å². The van der Waals surface area contributed by atoms with Gasteiger partial charge in [0.15, 0.2) is 12.1 Å². The smallest absolute Gasteiger partial charge is 0.166 e. The van der Waals surface area contributed by atoms with E-state index in [2.05, 4.69) is 0 Å². The van der Waals surface area contributed by atoms with Crippen molar-refractivity contribution in [3.05, 3.63) is 35.9 Å². The number of benzene rings is 1. The molecule has 0 unspecified atom stereocenters. The van der Waals surface area contributed by atoms with E-state index in [4.69, 9.17) is 9.47 Å². The largest absolute Gasteiger partial charge is 0.355 e. The SMILES string of the molecule is COC(OC)[C@@H]1C(=O)CCC[C@@H]1CC(=O)c1ccccc1. The van der Waals surface area contributed by atoms with Crippen molar-refractivity contribution in [1.29, 1.82) is 0 Å². The van der Waals surface area contributed by atoms with Crippen LogP contribution in [0.15, 0.2) is 30.3 Å². The van der Waals surface area contributed by atoms with E-state index < -0.39 is 6.29 Å². The molecule has 1 fully saturated rings. The number of rotatable bonds is 6. The summed E-state index contributed by atoms with van der Waals surface area (Å²) in [6, 6.07) is 9.21. The van der Waals surface area contributed by atoms with E-state index in [1.807, 2.05) is 30.3 Å². The normalized spacial score (nSPS) is 22.5. The maximum atomic E-state index is 12.4. The second-order valence-corrected chi connectivity index (χ2v) is 5.48. The molecule has 2 atom stereocenters. The molecule has 4 heteroatoms. The molecule has 0 radical (unpaired) electrons. The molecule has 0 N–H and O–H groups in total. The third-order valence-electron chi connectivity index (χ3n) is 4.18. The van der Waals surface area contributed by atoms with Gasteiger partial charge in [-0.15, -0.1) is 0 Å². The van der Waals surface area contributed by atoms with E-state index in [-0.39, 0.29) is 23.4 Å². The molecule has 114 valence electrons. The lowest BCUT2D eigenvalue weighted by atomic mass is 9.75. The van der Waals surface area contributed by atoms with E-state index in [1.54, 1.807) is 0 Å². The Morgan fingerprint density at radius 2 is 1.90 bits per heavy atom. The number of ketones is 2. The van der Waals surface area contributed by atoms with Gasteiger partial charge in [-0.1, -0.05) is 30.3 Å². The van der Waals surface area contributed by atoms with E-state index in [0.717, 1.165) is 12.8 Å². The first-order valence-electron chi connectivity index (χ1n) is 7.34. The summed E-state index contributed by atoms with van der Waals surface area (Å²) in [5.74, 6) is -0.141. The predicted molar refractivity (Wildman–Crippen MR) is 79.0 cm³/mol. The van der Waals surface area contributed by atoms with Crippen molar-refractivity contribution in [3.63, 3.8) is 0 Å². The van der Waals surface area contributed by atoms with Crippen molar-refractivity contribution in [2.75, 3.05) is 14.2 Å². The number of methoxy groups -OCH3 is 2. The second-order valence-electron chi connectivity index (χ2n) is 5.48. The van der Waals surface area contributed by atoms with Crippen LogP contribution in [0, 0.1) is 11.8 Å². The van der Waals surface area contributed by atoms with Crippen LogP contribution in [0.25, 0.3) is 0 Å². The molecule has 1 saturated carbocycles. The highest BCUT2D eigenvalue weighted by atomic mass is 16.7. The van der Waals surface area contributed by atoms with E-state index >= 15 is 0 Å². The molecule has 0 aromatic heterocycles. The van der Waals surface area contributed by atoms with Crippen LogP contribution in [0.1, 0.15) is 36.0 Å². The number of Topliss-reactive ketones (excluding diaryl/α,β-unsaturated/α-hetero) is 2. The van der Waals surface area contributed by atoms with Gasteiger partial charge in [-0.05, 0) is 18.8 Å². The number of carbonyl (C=O) groups is 2. The molecule has 0 bridgehead atoms. The van der Waals surface area contributed by atoms with Gasteiger partial charge in [0, 0.05) is 32.6 Å². The zero-order valence-electron chi connectivity index (χ0n) is 12.6.